The van der Waals surface area contributed by atoms with Gasteiger partial charge < -0.3 is 10.1 Å². The number of halogens is 1. The van der Waals surface area contributed by atoms with Gasteiger partial charge in [0.2, 0.25) is 5.88 Å². The van der Waals surface area contributed by atoms with Crippen molar-refractivity contribution in [2.24, 2.45) is 0 Å². The Morgan fingerprint density at radius 2 is 2.38 bits per heavy atom. The monoisotopic (exact) mass is 201 g/mol. The molecule has 4 nitrogen and oxygen atoms in total. The van der Waals surface area contributed by atoms with E-state index in [2.05, 4.69) is 15.3 Å². The maximum Gasteiger partial charge on any atom is 0.233 e. The lowest BCUT2D eigenvalue weighted by Gasteiger charge is -2.04. The fourth-order valence-electron chi connectivity index (χ4n) is 0.815. The minimum absolute atomic E-state index is 0.510. The van der Waals surface area contributed by atoms with Crippen LogP contribution in [0.3, 0.4) is 0 Å². The summed E-state index contributed by atoms with van der Waals surface area (Å²) in [5, 5.41) is 3.08. The van der Waals surface area contributed by atoms with Gasteiger partial charge in [0.25, 0.3) is 0 Å². The van der Waals surface area contributed by atoms with E-state index in [0.29, 0.717) is 17.6 Å². The summed E-state index contributed by atoms with van der Waals surface area (Å²) in [6.45, 7) is 0.797. The summed E-state index contributed by atoms with van der Waals surface area (Å²) >= 11 is 5.53. The molecule has 5 heteroatoms. The molecule has 0 aliphatic carbocycles. The molecule has 0 aromatic carbocycles. The molecule has 0 amide bonds. The van der Waals surface area contributed by atoms with E-state index >= 15 is 0 Å². The number of aromatic nitrogens is 2. The number of hydrogen-bond acceptors (Lipinski definition) is 4. The summed E-state index contributed by atoms with van der Waals surface area (Å²) in [6.07, 6.45) is 4.12. The molecule has 0 radical (unpaired) electrons. The van der Waals surface area contributed by atoms with Gasteiger partial charge in [-0.05, 0) is 6.42 Å². The minimum Gasteiger partial charge on any atom is -0.480 e. The Hall–Kier alpha value is -1.03. The third-order valence-electron chi connectivity index (χ3n) is 1.44. The molecule has 0 aliphatic heterocycles. The Morgan fingerprint density at radius 3 is 3.08 bits per heavy atom. The molecule has 1 aromatic heterocycles. The fourth-order valence-corrected chi connectivity index (χ4v) is 0.949. The number of alkyl halides is 1. The average Bonchev–Trinajstić information content (AvgIpc) is 2.19. The first-order valence-electron chi connectivity index (χ1n) is 4.02. The summed E-state index contributed by atoms with van der Waals surface area (Å²) in [4.78, 5) is 8.08. The number of anilines is 1. The van der Waals surface area contributed by atoms with Crippen molar-refractivity contribution >= 4 is 17.4 Å². The normalized spacial score (nSPS) is 9.69. The Morgan fingerprint density at radius 1 is 1.54 bits per heavy atom. The van der Waals surface area contributed by atoms with Crippen LogP contribution in [0.1, 0.15) is 6.42 Å². The molecule has 0 unspecified atom stereocenters. The van der Waals surface area contributed by atoms with Gasteiger partial charge in [0.05, 0.1) is 19.5 Å². The standard InChI is InChI=1S/C8H12ClN3O/c1-13-8-6-10-5-7(12-8)11-4-2-3-9/h5-6H,2-4H2,1H3,(H,11,12). The molecule has 0 aliphatic rings. The molecule has 13 heavy (non-hydrogen) atoms. The van der Waals surface area contributed by atoms with Gasteiger partial charge in [-0.15, -0.1) is 11.6 Å². The average molecular weight is 202 g/mol. The molecule has 0 saturated heterocycles. The smallest absolute Gasteiger partial charge is 0.233 e. The molecule has 0 bridgehead atoms. The topological polar surface area (TPSA) is 47.0 Å². The molecular weight excluding hydrogens is 190 g/mol. The molecule has 0 fully saturated rings. The van der Waals surface area contributed by atoms with E-state index in [1.54, 1.807) is 19.5 Å². The molecular formula is C8H12ClN3O. The molecule has 72 valence electrons. The van der Waals surface area contributed by atoms with Crippen molar-refractivity contribution in [1.29, 1.82) is 0 Å². The van der Waals surface area contributed by atoms with Crippen molar-refractivity contribution in [1.82, 2.24) is 9.97 Å². The van der Waals surface area contributed by atoms with Crippen LogP contribution in [0.25, 0.3) is 0 Å². The largest absolute Gasteiger partial charge is 0.480 e. The van der Waals surface area contributed by atoms with Crippen molar-refractivity contribution < 1.29 is 4.74 Å². The summed E-state index contributed by atoms with van der Waals surface area (Å²) in [5.74, 6) is 1.87. The summed E-state index contributed by atoms with van der Waals surface area (Å²) in [5.41, 5.74) is 0. The van der Waals surface area contributed by atoms with Crippen molar-refractivity contribution in [3.8, 4) is 5.88 Å². The second-order valence-electron chi connectivity index (χ2n) is 2.42. The number of nitrogens with one attached hydrogen (secondary N) is 1. The second-order valence-corrected chi connectivity index (χ2v) is 2.79. The first kappa shape index (κ1) is 10.1. The van der Waals surface area contributed by atoms with Gasteiger partial charge in [0.15, 0.2) is 0 Å². The lowest BCUT2D eigenvalue weighted by Crippen LogP contribution is -2.04. The van der Waals surface area contributed by atoms with E-state index < -0.39 is 0 Å². The number of ether oxygens (including phenoxy) is 1. The maximum absolute atomic E-state index is 5.53. The van der Waals surface area contributed by atoms with E-state index in [4.69, 9.17) is 16.3 Å². The van der Waals surface area contributed by atoms with Crippen LogP contribution < -0.4 is 10.1 Å². The maximum atomic E-state index is 5.53. The zero-order chi connectivity index (χ0) is 9.52. The van der Waals surface area contributed by atoms with Crippen LogP contribution in [0.4, 0.5) is 5.82 Å². The van der Waals surface area contributed by atoms with Crippen LogP contribution in [0.5, 0.6) is 5.88 Å². The van der Waals surface area contributed by atoms with Crippen LogP contribution in [0.15, 0.2) is 12.4 Å². The van der Waals surface area contributed by atoms with Gasteiger partial charge in [-0.25, -0.2) is 0 Å². The summed E-state index contributed by atoms with van der Waals surface area (Å²) in [7, 11) is 1.56. The van der Waals surface area contributed by atoms with Crippen LogP contribution in [-0.2, 0) is 0 Å². The number of rotatable bonds is 5. The van der Waals surface area contributed by atoms with Gasteiger partial charge in [0, 0.05) is 12.4 Å². The predicted octanol–water partition coefficient (Wildman–Crippen LogP) is 1.53. The Balaban J connectivity index is 2.46. The molecule has 0 saturated carbocycles. The third kappa shape index (κ3) is 3.46. The predicted molar refractivity (Wildman–Crippen MR) is 52.4 cm³/mol. The van der Waals surface area contributed by atoms with E-state index in [9.17, 15) is 0 Å². The SMILES string of the molecule is COc1cncc(NCCCCl)n1. The second kappa shape index (κ2) is 5.59. The van der Waals surface area contributed by atoms with E-state index in [-0.39, 0.29) is 0 Å². The molecule has 1 rings (SSSR count). The number of methoxy groups -OCH3 is 1. The van der Waals surface area contributed by atoms with Crippen molar-refractivity contribution in [2.45, 2.75) is 6.42 Å². The van der Waals surface area contributed by atoms with Gasteiger partial charge in [0.1, 0.15) is 5.82 Å². The van der Waals surface area contributed by atoms with Gasteiger partial charge in [-0.3, -0.25) is 4.98 Å². The molecule has 0 spiro atoms. The summed E-state index contributed by atoms with van der Waals surface area (Å²) in [6, 6.07) is 0. The Bertz CT molecular complexity index is 257. The number of nitrogens with zero attached hydrogens (tertiary/aromatic N) is 2. The molecule has 1 heterocycles. The molecule has 1 N–H and O–H groups in total. The molecule has 1 aromatic rings. The van der Waals surface area contributed by atoms with Gasteiger partial charge in [-0.2, -0.15) is 4.98 Å². The van der Waals surface area contributed by atoms with Crippen molar-refractivity contribution in [3.05, 3.63) is 12.4 Å². The first-order valence-corrected chi connectivity index (χ1v) is 4.56. The lowest BCUT2D eigenvalue weighted by atomic mass is 10.5. The number of hydrogen-bond donors (Lipinski definition) is 1. The highest BCUT2D eigenvalue weighted by Crippen LogP contribution is 2.07. The molecule has 0 atom stereocenters. The zero-order valence-corrected chi connectivity index (χ0v) is 8.21. The van der Waals surface area contributed by atoms with Gasteiger partial charge in [-0.1, -0.05) is 0 Å². The Kier molecular flexibility index (Phi) is 4.32. The van der Waals surface area contributed by atoms with Crippen LogP contribution >= 0.6 is 11.6 Å². The van der Waals surface area contributed by atoms with Crippen molar-refractivity contribution in [2.75, 3.05) is 24.9 Å². The lowest BCUT2D eigenvalue weighted by molar-refractivity contribution is 0.396. The quantitative estimate of drug-likeness (QED) is 0.580. The van der Waals surface area contributed by atoms with E-state index in [0.717, 1.165) is 13.0 Å². The van der Waals surface area contributed by atoms with E-state index in [1.165, 1.54) is 0 Å². The first-order chi connectivity index (χ1) is 6.36. The fraction of sp³-hybridized carbons (Fsp3) is 0.500. The zero-order valence-electron chi connectivity index (χ0n) is 7.46. The summed E-state index contributed by atoms with van der Waals surface area (Å²) < 4.78 is 4.92. The van der Waals surface area contributed by atoms with Gasteiger partial charge >= 0.3 is 0 Å². The van der Waals surface area contributed by atoms with E-state index in [1.807, 2.05) is 0 Å². The third-order valence-corrected chi connectivity index (χ3v) is 1.71. The van der Waals surface area contributed by atoms with Crippen molar-refractivity contribution in [3.63, 3.8) is 0 Å². The minimum atomic E-state index is 0.510. The highest BCUT2D eigenvalue weighted by molar-refractivity contribution is 6.17. The highest BCUT2D eigenvalue weighted by Gasteiger charge is 1.96. The van der Waals surface area contributed by atoms with Crippen LogP contribution in [-0.4, -0.2) is 29.5 Å². The van der Waals surface area contributed by atoms with Crippen LogP contribution in [0.2, 0.25) is 0 Å². The Labute approximate surface area is 82.3 Å². The van der Waals surface area contributed by atoms with Crippen LogP contribution in [0, 0.1) is 0 Å². The highest BCUT2D eigenvalue weighted by atomic mass is 35.5.